The van der Waals surface area contributed by atoms with Gasteiger partial charge in [0.1, 0.15) is 5.82 Å². The summed E-state index contributed by atoms with van der Waals surface area (Å²) in [5, 5.41) is 11.5. The number of hydrogen-bond acceptors (Lipinski definition) is 5. The second-order valence-corrected chi connectivity index (χ2v) is 11.6. The Hall–Kier alpha value is -2.67. The molecule has 0 spiro atoms. The van der Waals surface area contributed by atoms with Gasteiger partial charge in [-0.3, -0.25) is 5.10 Å². The second kappa shape index (κ2) is 5.84. The van der Waals surface area contributed by atoms with E-state index in [0.29, 0.717) is 5.82 Å². The molecule has 0 radical (unpaired) electrons. The molecule has 118 valence electrons. The molecule has 0 amide bonds. The van der Waals surface area contributed by atoms with Crippen molar-refractivity contribution in [3.8, 4) is 0 Å². The van der Waals surface area contributed by atoms with Crippen molar-refractivity contribution in [2.75, 3.05) is 11.1 Å². The second-order valence-electron chi connectivity index (χ2n) is 6.52. The van der Waals surface area contributed by atoms with Crippen LogP contribution in [0.5, 0.6) is 0 Å². The van der Waals surface area contributed by atoms with Gasteiger partial charge in [-0.05, 0) is 18.2 Å². The lowest BCUT2D eigenvalue weighted by atomic mass is 10.1. The maximum Gasteiger partial charge on any atom is 0.221 e. The maximum absolute atomic E-state index is 5.63. The quantitative estimate of drug-likeness (QED) is 0.638. The van der Waals surface area contributed by atoms with E-state index in [0.717, 1.165) is 22.2 Å². The van der Waals surface area contributed by atoms with E-state index in [4.69, 9.17) is 5.73 Å². The smallest absolute Gasteiger partial charge is 0.221 e. The fourth-order valence-electron chi connectivity index (χ4n) is 2.22. The average Bonchev–Trinajstić information content (AvgIpc) is 2.92. The number of aromatic amines is 1. The van der Waals surface area contributed by atoms with Crippen LogP contribution in [-0.2, 0) is 0 Å². The Kier molecular flexibility index (Phi) is 3.87. The molecule has 1 aromatic carbocycles. The standard InChI is InChI=1S/C16H20N6Si/c1-23(2,3)7-5-11-8-13(9-12-10-19-22-15(11)12)20-14-4-6-18-16(17)21-14/h4-10H,1-3H3,(H,19,22)(H3,17,18,20,21). The molecule has 7 heteroatoms. The number of H-pyrrole nitrogens is 1. The largest absolute Gasteiger partial charge is 0.368 e. The van der Waals surface area contributed by atoms with E-state index < -0.39 is 8.07 Å². The van der Waals surface area contributed by atoms with E-state index in [9.17, 15) is 0 Å². The first-order valence-electron chi connectivity index (χ1n) is 7.43. The lowest BCUT2D eigenvalue weighted by Crippen LogP contribution is -2.15. The number of rotatable bonds is 4. The number of nitrogens with zero attached hydrogens (tertiary/aromatic N) is 3. The van der Waals surface area contributed by atoms with Crippen molar-refractivity contribution in [2.45, 2.75) is 19.6 Å². The molecule has 0 aliphatic heterocycles. The predicted octanol–water partition coefficient (Wildman–Crippen LogP) is 3.57. The minimum absolute atomic E-state index is 0.248. The number of aromatic nitrogens is 4. The number of nitrogens with one attached hydrogen (secondary N) is 2. The lowest BCUT2D eigenvalue weighted by molar-refractivity contribution is 1.12. The average molecular weight is 324 g/mol. The Labute approximate surface area is 135 Å². The molecular weight excluding hydrogens is 304 g/mol. The third-order valence-electron chi connectivity index (χ3n) is 3.29. The van der Waals surface area contributed by atoms with Crippen LogP contribution in [0.3, 0.4) is 0 Å². The van der Waals surface area contributed by atoms with Crippen molar-refractivity contribution in [3.05, 3.63) is 41.9 Å². The Morgan fingerprint density at radius 2 is 2.09 bits per heavy atom. The van der Waals surface area contributed by atoms with Crippen LogP contribution in [0.15, 0.2) is 36.3 Å². The molecular formula is C16H20N6Si. The molecule has 0 fully saturated rings. The van der Waals surface area contributed by atoms with Crippen molar-refractivity contribution in [1.29, 1.82) is 0 Å². The normalized spacial score (nSPS) is 12.1. The summed E-state index contributed by atoms with van der Waals surface area (Å²) in [5.74, 6) is 0.915. The van der Waals surface area contributed by atoms with Gasteiger partial charge in [-0.25, -0.2) is 4.98 Å². The van der Waals surface area contributed by atoms with Gasteiger partial charge < -0.3 is 11.1 Å². The molecule has 3 aromatic rings. The van der Waals surface area contributed by atoms with Gasteiger partial charge in [-0.15, -0.1) is 0 Å². The minimum atomic E-state index is -1.28. The van der Waals surface area contributed by atoms with E-state index in [1.54, 1.807) is 12.3 Å². The summed E-state index contributed by atoms with van der Waals surface area (Å²) in [7, 11) is -1.28. The van der Waals surface area contributed by atoms with Crippen molar-refractivity contribution < 1.29 is 0 Å². The minimum Gasteiger partial charge on any atom is -0.368 e. The SMILES string of the molecule is C[Si](C)(C)C=Cc1cc(Nc2ccnc(N)n2)cc2cn[nH]c12. The molecule has 6 nitrogen and oxygen atoms in total. The van der Waals surface area contributed by atoms with Gasteiger partial charge >= 0.3 is 0 Å². The topological polar surface area (TPSA) is 92.5 Å². The Balaban J connectivity index is 2.00. The number of benzene rings is 1. The molecule has 4 N–H and O–H groups in total. The summed E-state index contributed by atoms with van der Waals surface area (Å²) in [6.45, 7) is 6.91. The van der Waals surface area contributed by atoms with Gasteiger partial charge in [0.2, 0.25) is 5.95 Å². The fourth-order valence-corrected chi connectivity index (χ4v) is 2.90. The van der Waals surface area contributed by atoms with Crippen molar-refractivity contribution in [1.82, 2.24) is 20.2 Å². The lowest BCUT2D eigenvalue weighted by Gasteiger charge is -2.10. The van der Waals surface area contributed by atoms with Gasteiger partial charge in [0.05, 0.1) is 19.8 Å². The monoisotopic (exact) mass is 324 g/mol. The van der Waals surface area contributed by atoms with Gasteiger partial charge in [0.15, 0.2) is 0 Å². The molecule has 0 atom stereocenters. The highest BCUT2D eigenvalue weighted by atomic mass is 28.3. The zero-order chi connectivity index (χ0) is 16.4. The third kappa shape index (κ3) is 3.75. The van der Waals surface area contributed by atoms with Crippen LogP contribution in [0, 0.1) is 0 Å². The molecule has 2 heterocycles. The fraction of sp³-hybridized carbons (Fsp3) is 0.188. The van der Waals surface area contributed by atoms with Crippen LogP contribution in [0.25, 0.3) is 17.0 Å². The molecule has 23 heavy (non-hydrogen) atoms. The van der Waals surface area contributed by atoms with Gasteiger partial charge in [0, 0.05) is 22.8 Å². The summed E-state index contributed by atoms with van der Waals surface area (Å²) in [6, 6.07) is 5.89. The van der Waals surface area contributed by atoms with Crippen molar-refractivity contribution >= 4 is 42.5 Å². The van der Waals surface area contributed by atoms with Crippen LogP contribution < -0.4 is 11.1 Å². The van der Waals surface area contributed by atoms with Crippen LogP contribution >= 0.6 is 0 Å². The van der Waals surface area contributed by atoms with Crippen LogP contribution in [0.2, 0.25) is 19.6 Å². The highest BCUT2D eigenvalue weighted by Crippen LogP contribution is 2.26. The molecule has 0 aliphatic carbocycles. The van der Waals surface area contributed by atoms with Gasteiger partial charge in [-0.1, -0.05) is 31.4 Å². The summed E-state index contributed by atoms with van der Waals surface area (Å²) in [5.41, 5.74) is 11.0. The molecule has 0 bridgehead atoms. The number of fused-ring (bicyclic) bond motifs is 1. The highest BCUT2D eigenvalue weighted by molar-refractivity contribution is 6.81. The van der Waals surface area contributed by atoms with E-state index in [-0.39, 0.29) is 5.95 Å². The van der Waals surface area contributed by atoms with Gasteiger partial charge in [0.25, 0.3) is 0 Å². The van der Waals surface area contributed by atoms with E-state index >= 15 is 0 Å². The summed E-state index contributed by atoms with van der Waals surface area (Å²) < 4.78 is 0. The highest BCUT2D eigenvalue weighted by Gasteiger charge is 2.09. The summed E-state index contributed by atoms with van der Waals surface area (Å²) in [4.78, 5) is 8.07. The zero-order valence-corrected chi connectivity index (χ0v) is 14.5. The van der Waals surface area contributed by atoms with E-state index in [1.165, 1.54) is 0 Å². The van der Waals surface area contributed by atoms with Crippen LogP contribution in [-0.4, -0.2) is 28.2 Å². The number of hydrogen-bond donors (Lipinski definition) is 3. The Bertz CT molecular complexity index is 862. The first kappa shape index (κ1) is 15.2. The van der Waals surface area contributed by atoms with Crippen LogP contribution in [0.1, 0.15) is 5.56 Å². The maximum atomic E-state index is 5.63. The van der Waals surface area contributed by atoms with E-state index in [1.807, 2.05) is 12.3 Å². The predicted molar refractivity (Wildman–Crippen MR) is 98.2 cm³/mol. The Morgan fingerprint density at radius 1 is 1.26 bits per heavy atom. The van der Waals surface area contributed by atoms with Crippen molar-refractivity contribution in [3.63, 3.8) is 0 Å². The molecule has 0 unspecified atom stereocenters. The molecule has 0 saturated heterocycles. The molecule has 2 aromatic heterocycles. The number of nitrogen functional groups attached to an aromatic ring is 1. The first-order valence-corrected chi connectivity index (χ1v) is 11.0. The van der Waals surface area contributed by atoms with E-state index in [2.05, 4.69) is 63.0 Å². The van der Waals surface area contributed by atoms with Crippen molar-refractivity contribution in [2.24, 2.45) is 0 Å². The number of nitrogens with two attached hydrogens (primary N) is 1. The Morgan fingerprint density at radius 3 is 2.83 bits per heavy atom. The molecule has 0 aliphatic rings. The third-order valence-corrected chi connectivity index (χ3v) is 4.46. The molecule has 3 rings (SSSR count). The van der Waals surface area contributed by atoms with Gasteiger partial charge in [-0.2, -0.15) is 10.1 Å². The van der Waals surface area contributed by atoms with Crippen LogP contribution in [0.4, 0.5) is 17.5 Å². The summed E-state index contributed by atoms with van der Waals surface area (Å²) >= 11 is 0. The molecule has 0 saturated carbocycles. The number of anilines is 3. The zero-order valence-electron chi connectivity index (χ0n) is 13.5. The first-order chi connectivity index (χ1) is 10.9. The summed E-state index contributed by atoms with van der Waals surface area (Å²) in [6.07, 6.45) is 5.63.